The van der Waals surface area contributed by atoms with Gasteiger partial charge in [0.15, 0.2) is 5.65 Å². The normalized spacial score (nSPS) is 17.6. The number of anilines is 2. The molecule has 32 heavy (non-hydrogen) atoms. The van der Waals surface area contributed by atoms with E-state index in [2.05, 4.69) is 42.3 Å². The Balaban J connectivity index is 1.15. The highest BCUT2D eigenvalue weighted by Gasteiger charge is 2.27. The van der Waals surface area contributed by atoms with Crippen LogP contribution in [-0.4, -0.2) is 71.6 Å². The summed E-state index contributed by atoms with van der Waals surface area (Å²) in [5, 5.41) is 8.51. The smallest absolute Gasteiger partial charge is 0.251 e. The maximum absolute atomic E-state index is 12.9. The lowest BCUT2D eigenvalue weighted by Crippen LogP contribution is -2.36. The standard InChI is InChI=1S/C23H27N7O2/c31-23(18-12-16-2-1-5-28-6-3-17(13-18)20(16)28)24-4-7-30-22-19(14-27-30)21(25-15-26-22)29-8-10-32-11-9-29/h12-15H,1-11H2,(H,24,31). The number of benzene rings is 1. The molecule has 3 aliphatic heterocycles. The molecule has 5 heterocycles. The van der Waals surface area contributed by atoms with E-state index in [0.29, 0.717) is 26.3 Å². The van der Waals surface area contributed by atoms with E-state index in [1.54, 1.807) is 6.33 Å². The first-order chi connectivity index (χ1) is 15.8. The van der Waals surface area contributed by atoms with Crippen LogP contribution >= 0.6 is 0 Å². The summed E-state index contributed by atoms with van der Waals surface area (Å²) in [7, 11) is 0. The summed E-state index contributed by atoms with van der Waals surface area (Å²) in [4.78, 5) is 26.5. The Morgan fingerprint density at radius 2 is 1.88 bits per heavy atom. The van der Waals surface area contributed by atoms with Gasteiger partial charge in [-0.05, 0) is 42.5 Å². The summed E-state index contributed by atoms with van der Waals surface area (Å²) in [6.07, 6.45) is 6.67. The third-order valence-corrected chi connectivity index (χ3v) is 6.70. The van der Waals surface area contributed by atoms with Crippen LogP contribution in [0.3, 0.4) is 0 Å². The second-order valence-electron chi connectivity index (χ2n) is 8.64. The average molecular weight is 434 g/mol. The van der Waals surface area contributed by atoms with Crippen LogP contribution in [0.2, 0.25) is 0 Å². The fraction of sp³-hybridized carbons (Fsp3) is 0.478. The molecule has 0 radical (unpaired) electrons. The molecule has 0 bridgehead atoms. The zero-order valence-electron chi connectivity index (χ0n) is 18.1. The number of hydrogen-bond donors (Lipinski definition) is 1. The fourth-order valence-corrected chi connectivity index (χ4v) is 5.18. The van der Waals surface area contributed by atoms with Gasteiger partial charge in [0.1, 0.15) is 12.1 Å². The number of nitrogens with one attached hydrogen (secondary N) is 1. The minimum atomic E-state index is -0.0202. The van der Waals surface area contributed by atoms with Crippen LogP contribution in [0.25, 0.3) is 11.0 Å². The Morgan fingerprint density at radius 1 is 1.03 bits per heavy atom. The summed E-state index contributed by atoms with van der Waals surface area (Å²) in [6.45, 7) is 6.30. The van der Waals surface area contributed by atoms with Gasteiger partial charge in [-0.2, -0.15) is 5.10 Å². The number of aryl methyl sites for hydroxylation is 1. The maximum atomic E-state index is 12.9. The average Bonchev–Trinajstić information content (AvgIpc) is 3.45. The Morgan fingerprint density at radius 3 is 2.75 bits per heavy atom. The molecule has 1 saturated heterocycles. The van der Waals surface area contributed by atoms with Crippen LogP contribution in [0.1, 0.15) is 27.9 Å². The molecule has 3 aliphatic rings. The lowest BCUT2D eigenvalue weighted by molar-refractivity contribution is 0.0952. The molecule has 0 atom stereocenters. The highest BCUT2D eigenvalue weighted by molar-refractivity contribution is 5.95. The van der Waals surface area contributed by atoms with E-state index in [1.807, 2.05) is 10.9 Å². The third-order valence-electron chi connectivity index (χ3n) is 6.70. The minimum Gasteiger partial charge on any atom is -0.378 e. The van der Waals surface area contributed by atoms with E-state index in [-0.39, 0.29) is 5.91 Å². The summed E-state index contributed by atoms with van der Waals surface area (Å²) < 4.78 is 7.29. The van der Waals surface area contributed by atoms with Crippen molar-refractivity contribution in [1.82, 2.24) is 25.1 Å². The molecule has 9 nitrogen and oxygen atoms in total. The van der Waals surface area contributed by atoms with Crippen molar-refractivity contribution >= 4 is 28.4 Å². The van der Waals surface area contributed by atoms with Gasteiger partial charge >= 0.3 is 0 Å². The van der Waals surface area contributed by atoms with Crippen LogP contribution in [-0.2, 0) is 24.1 Å². The Labute approximate surface area is 186 Å². The summed E-state index contributed by atoms with van der Waals surface area (Å²) in [5.41, 5.74) is 5.58. The number of fused-ring (bicyclic) bond motifs is 1. The highest BCUT2D eigenvalue weighted by Crippen LogP contribution is 2.36. The molecule has 0 aliphatic carbocycles. The number of aromatic nitrogens is 4. The molecule has 166 valence electrons. The lowest BCUT2D eigenvalue weighted by Gasteiger charge is -2.27. The van der Waals surface area contributed by atoms with Crippen LogP contribution in [0.5, 0.6) is 0 Å². The van der Waals surface area contributed by atoms with Crippen molar-refractivity contribution in [2.75, 3.05) is 55.7 Å². The first kappa shape index (κ1) is 19.5. The number of rotatable bonds is 5. The van der Waals surface area contributed by atoms with Crippen LogP contribution in [0.15, 0.2) is 24.7 Å². The quantitative estimate of drug-likeness (QED) is 0.651. The van der Waals surface area contributed by atoms with Crippen molar-refractivity contribution < 1.29 is 9.53 Å². The van der Waals surface area contributed by atoms with Gasteiger partial charge in [0.2, 0.25) is 0 Å². The SMILES string of the molecule is O=C(NCCn1ncc2c(N3CCOCC3)ncnc21)c1cc2c3c(c1)CCN3CCC2. The Hall–Kier alpha value is -3.20. The molecule has 2 aromatic heterocycles. The Kier molecular flexibility index (Phi) is 4.90. The van der Waals surface area contributed by atoms with Crippen molar-refractivity contribution in [1.29, 1.82) is 0 Å². The third kappa shape index (κ3) is 3.37. The van der Waals surface area contributed by atoms with Gasteiger partial charge in [-0.15, -0.1) is 0 Å². The first-order valence-electron chi connectivity index (χ1n) is 11.5. The number of nitrogens with zero attached hydrogens (tertiary/aromatic N) is 6. The van der Waals surface area contributed by atoms with Crippen LogP contribution in [0, 0.1) is 0 Å². The van der Waals surface area contributed by atoms with E-state index >= 15 is 0 Å². The van der Waals surface area contributed by atoms with Crippen LogP contribution in [0.4, 0.5) is 11.5 Å². The number of carbonyl (C=O) groups excluding carboxylic acids is 1. The van der Waals surface area contributed by atoms with Crippen molar-refractivity contribution in [3.05, 3.63) is 41.3 Å². The summed E-state index contributed by atoms with van der Waals surface area (Å²) in [5.74, 6) is 0.878. The number of amides is 1. The van der Waals surface area contributed by atoms with E-state index in [4.69, 9.17) is 4.74 Å². The zero-order chi connectivity index (χ0) is 21.5. The Bertz CT molecular complexity index is 1170. The molecule has 3 aromatic rings. The number of ether oxygens (including phenoxy) is 1. The van der Waals surface area contributed by atoms with Gasteiger partial charge in [0.05, 0.1) is 31.3 Å². The second-order valence-corrected chi connectivity index (χ2v) is 8.64. The predicted molar refractivity (Wildman–Crippen MR) is 121 cm³/mol. The van der Waals surface area contributed by atoms with Crippen LogP contribution < -0.4 is 15.1 Å². The second kappa shape index (κ2) is 8.05. The fourth-order valence-electron chi connectivity index (χ4n) is 5.18. The minimum absolute atomic E-state index is 0.0202. The number of carbonyl (C=O) groups is 1. The van der Waals surface area contributed by atoms with Crippen molar-refractivity contribution in [2.24, 2.45) is 0 Å². The van der Waals surface area contributed by atoms with E-state index < -0.39 is 0 Å². The predicted octanol–water partition coefficient (Wildman–Crippen LogP) is 1.40. The van der Waals surface area contributed by atoms with Gasteiger partial charge in [0, 0.05) is 44.0 Å². The van der Waals surface area contributed by atoms with Gasteiger partial charge < -0.3 is 19.9 Å². The molecule has 1 amide bonds. The van der Waals surface area contributed by atoms with E-state index in [0.717, 1.165) is 67.9 Å². The molecular weight excluding hydrogens is 406 g/mol. The molecule has 1 aromatic carbocycles. The van der Waals surface area contributed by atoms with E-state index in [1.165, 1.54) is 16.8 Å². The molecule has 6 rings (SSSR count). The molecule has 1 N–H and O–H groups in total. The maximum Gasteiger partial charge on any atom is 0.251 e. The summed E-state index contributed by atoms with van der Waals surface area (Å²) in [6, 6.07) is 4.15. The molecule has 1 fully saturated rings. The van der Waals surface area contributed by atoms with Crippen molar-refractivity contribution in [3.63, 3.8) is 0 Å². The number of hydrogen-bond acceptors (Lipinski definition) is 7. The molecular formula is C23H27N7O2. The number of morpholine rings is 1. The first-order valence-corrected chi connectivity index (χ1v) is 11.5. The van der Waals surface area contributed by atoms with Crippen molar-refractivity contribution in [3.8, 4) is 0 Å². The monoisotopic (exact) mass is 433 g/mol. The zero-order valence-corrected chi connectivity index (χ0v) is 18.1. The van der Waals surface area contributed by atoms with Gasteiger partial charge in [0.25, 0.3) is 5.91 Å². The molecule has 9 heteroatoms. The molecule has 0 unspecified atom stereocenters. The van der Waals surface area contributed by atoms with Gasteiger partial charge in [-0.1, -0.05) is 0 Å². The van der Waals surface area contributed by atoms with Gasteiger partial charge in [-0.25, -0.2) is 14.6 Å². The summed E-state index contributed by atoms with van der Waals surface area (Å²) >= 11 is 0. The molecule has 0 saturated carbocycles. The van der Waals surface area contributed by atoms with E-state index in [9.17, 15) is 4.79 Å². The highest BCUT2D eigenvalue weighted by atomic mass is 16.5. The largest absolute Gasteiger partial charge is 0.378 e. The lowest BCUT2D eigenvalue weighted by atomic mass is 9.96. The molecule has 0 spiro atoms. The van der Waals surface area contributed by atoms with Crippen molar-refractivity contribution in [2.45, 2.75) is 25.8 Å². The van der Waals surface area contributed by atoms with Gasteiger partial charge in [-0.3, -0.25) is 4.79 Å². The topological polar surface area (TPSA) is 88.4 Å².